The molecular formula is C13H18N2O4S. The van der Waals surface area contributed by atoms with Gasteiger partial charge in [-0.05, 0) is 23.8 Å². The van der Waals surface area contributed by atoms with Crippen molar-refractivity contribution in [3.63, 3.8) is 0 Å². The molecule has 0 radical (unpaired) electrons. The average Bonchev–Trinajstić information content (AvgIpc) is 2.94. The van der Waals surface area contributed by atoms with E-state index in [0.29, 0.717) is 31.3 Å². The first-order valence-corrected chi connectivity index (χ1v) is 8.20. The summed E-state index contributed by atoms with van der Waals surface area (Å²) in [7, 11) is -3.48. The molecule has 1 aromatic rings. The first-order chi connectivity index (χ1) is 9.65. The maximum Gasteiger partial charge on any atom is 0.240 e. The topological polar surface area (TPSA) is 76.7 Å². The number of ether oxygens (including phenoxy) is 2. The number of sulfonamides is 1. The fourth-order valence-electron chi connectivity index (χ4n) is 2.37. The summed E-state index contributed by atoms with van der Waals surface area (Å²) in [5, 5.41) is 3.21. The van der Waals surface area contributed by atoms with Gasteiger partial charge in [-0.3, -0.25) is 0 Å². The van der Waals surface area contributed by atoms with E-state index in [1.54, 1.807) is 18.2 Å². The number of benzene rings is 1. The van der Waals surface area contributed by atoms with E-state index in [9.17, 15) is 8.42 Å². The molecule has 1 unspecified atom stereocenters. The van der Waals surface area contributed by atoms with Crippen LogP contribution < -0.4 is 14.8 Å². The molecule has 7 heteroatoms. The van der Waals surface area contributed by atoms with E-state index in [0.717, 1.165) is 24.3 Å². The van der Waals surface area contributed by atoms with E-state index >= 15 is 0 Å². The van der Waals surface area contributed by atoms with E-state index < -0.39 is 10.0 Å². The molecule has 1 saturated heterocycles. The predicted molar refractivity (Wildman–Crippen MR) is 73.4 cm³/mol. The van der Waals surface area contributed by atoms with Crippen LogP contribution in [0.5, 0.6) is 5.75 Å². The highest BCUT2D eigenvalue weighted by molar-refractivity contribution is 7.89. The van der Waals surface area contributed by atoms with Gasteiger partial charge in [-0.1, -0.05) is 0 Å². The normalized spacial score (nSPS) is 22.3. The Kier molecular flexibility index (Phi) is 3.93. The molecule has 1 aromatic carbocycles. The van der Waals surface area contributed by atoms with Gasteiger partial charge in [-0.2, -0.15) is 0 Å². The molecular weight excluding hydrogens is 280 g/mol. The second-order valence-corrected chi connectivity index (χ2v) is 6.71. The number of nitrogens with one attached hydrogen (secondary N) is 2. The Morgan fingerprint density at radius 2 is 2.25 bits per heavy atom. The highest BCUT2D eigenvalue weighted by atomic mass is 32.2. The van der Waals surface area contributed by atoms with Crippen LogP contribution in [0.15, 0.2) is 23.1 Å². The lowest BCUT2D eigenvalue weighted by Crippen LogP contribution is -2.48. The molecule has 2 N–H and O–H groups in total. The fourth-order valence-corrected chi connectivity index (χ4v) is 3.51. The van der Waals surface area contributed by atoms with Crippen molar-refractivity contribution in [1.29, 1.82) is 0 Å². The van der Waals surface area contributed by atoms with Gasteiger partial charge in [0.05, 0.1) is 24.7 Å². The van der Waals surface area contributed by atoms with Crippen molar-refractivity contribution >= 4 is 10.0 Å². The standard InChI is InChI=1S/C13H18N2O4S/c16-20(17,15-8-11-9-18-6-4-14-11)12-1-2-13-10(7-12)3-5-19-13/h1-2,7,11,14-15H,3-6,8-9H2. The third-order valence-electron chi connectivity index (χ3n) is 3.49. The zero-order valence-corrected chi connectivity index (χ0v) is 11.9. The molecule has 0 aromatic heterocycles. The average molecular weight is 298 g/mol. The Balaban J connectivity index is 1.68. The Labute approximate surface area is 118 Å². The minimum Gasteiger partial charge on any atom is -0.493 e. The van der Waals surface area contributed by atoms with Gasteiger partial charge >= 0.3 is 0 Å². The maximum absolute atomic E-state index is 12.3. The number of fused-ring (bicyclic) bond motifs is 1. The van der Waals surface area contributed by atoms with E-state index in [4.69, 9.17) is 9.47 Å². The summed E-state index contributed by atoms with van der Waals surface area (Å²) in [5.41, 5.74) is 0.951. The van der Waals surface area contributed by atoms with Gasteiger partial charge in [-0.25, -0.2) is 13.1 Å². The van der Waals surface area contributed by atoms with Gasteiger partial charge in [-0.15, -0.1) is 0 Å². The first kappa shape index (κ1) is 13.8. The van der Waals surface area contributed by atoms with Gasteiger partial charge in [0.1, 0.15) is 5.75 Å². The van der Waals surface area contributed by atoms with Crippen molar-refractivity contribution in [2.45, 2.75) is 17.4 Å². The fraction of sp³-hybridized carbons (Fsp3) is 0.538. The summed E-state index contributed by atoms with van der Waals surface area (Å²) in [6.45, 7) is 2.91. The van der Waals surface area contributed by atoms with Crippen LogP contribution in [0.25, 0.3) is 0 Å². The highest BCUT2D eigenvalue weighted by Gasteiger charge is 2.21. The quantitative estimate of drug-likeness (QED) is 0.811. The van der Waals surface area contributed by atoms with Crippen molar-refractivity contribution in [3.8, 4) is 5.75 Å². The van der Waals surface area contributed by atoms with Crippen LogP contribution in [0.4, 0.5) is 0 Å². The lowest BCUT2D eigenvalue weighted by molar-refractivity contribution is 0.0784. The lowest BCUT2D eigenvalue weighted by atomic mass is 10.2. The van der Waals surface area contributed by atoms with E-state index in [-0.39, 0.29) is 6.04 Å². The largest absolute Gasteiger partial charge is 0.493 e. The molecule has 2 aliphatic rings. The van der Waals surface area contributed by atoms with E-state index in [2.05, 4.69) is 10.0 Å². The maximum atomic E-state index is 12.3. The zero-order valence-electron chi connectivity index (χ0n) is 11.1. The van der Waals surface area contributed by atoms with Crippen molar-refractivity contribution in [2.24, 2.45) is 0 Å². The summed E-state index contributed by atoms with van der Waals surface area (Å²) in [6, 6.07) is 5.02. The molecule has 3 rings (SSSR count). The molecule has 1 fully saturated rings. The monoisotopic (exact) mass is 298 g/mol. The van der Waals surface area contributed by atoms with Crippen LogP contribution in [0.3, 0.4) is 0 Å². The van der Waals surface area contributed by atoms with Crippen LogP contribution in [0.2, 0.25) is 0 Å². The molecule has 0 bridgehead atoms. The van der Waals surface area contributed by atoms with Crippen LogP contribution in [-0.4, -0.2) is 47.4 Å². The van der Waals surface area contributed by atoms with Gasteiger partial charge in [0.2, 0.25) is 10.0 Å². The van der Waals surface area contributed by atoms with Crippen LogP contribution >= 0.6 is 0 Å². The number of rotatable bonds is 4. The van der Waals surface area contributed by atoms with Crippen LogP contribution in [0, 0.1) is 0 Å². The SMILES string of the molecule is O=S(=O)(NCC1COCCN1)c1ccc2c(c1)CCO2. The summed E-state index contributed by atoms with van der Waals surface area (Å²) >= 11 is 0. The van der Waals surface area contributed by atoms with Crippen molar-refractivity contribution in [1.82, 2.24) is 10.0 Å². The minimum atomic E-state index is -3.48. The molecule has 2 aliphatic heterocycles. The van der Waals surface area contributed by atoms with Crippen molar-refractivity contribution in [2.75, 3.05) is 32.9 Å². The van der Waals surface area contributed by atoms with Gasteiger partial charge < -0.3 is 14.8 Å². The first-order valence-electron chi connectivity index (χ1n) is 6.72. The molecule has 6 nitrogen and oxygen atoms in total. The number of morpholine rings is 1. The van der Waals surface area contributed by atoms with Gasteiger partial charge in [0.15, 0.2) is 0 Å². The summed E-state index contributed by atoms with van der Waals surface area (Å²) in [5.74, 6) is 0.784. The van der Waals surface area contributed by atoms with Crippen LogP contribution in [0.1, 0.15) is 5.56 Å². The minimum absolute atomic E-state index is 0.0243. The van der Waals surface area contributed by atoms with Crippen molar-refractivity contribution < 1.29 is 17.9 Å². The molecule has 110 valence electrons. The van der Waals surface area contributed by atoms with Crippen LogP contribution in [-0.2, 0) is 21.2 Å². The predicted octanol–water partition coefficient (Wildman–Crippen LogP) is -0.112. The zero-order chi connectivity index (χ0) is 14.0. The molecule has 20 heavy (non-hydrogen) atoms. The molecule has 1 atom stereocenters. The van der Waals surface area contributed by atoms with E-state index in [1.165, 1.54) is 0 Å². The Morgan fingerprint density at radius 3 is 3.05 bits per heavy atom. The molecule has 2 heterocycles. The van der Waals surface area contributed by atoms with E-state index in [1.807, 2.05) is 0 Å². The van der Waals surface area contributed by atoms with Gasteiger partial charge in [0, 0.05) is 25.6 Å². The molecule has 0 saturated carbocycles. The molecule has 0 aliphatic carbocycles. The second kappa shape index (κ2) is 5.69. The third kappa shape index (κ3) is 2.95. The Bertz CT molecular complexity index is 582. The smallest absolute Gasteiger partial charge is 0.240 e. The summed E-state index contributed by atoms with van der Waals surface area (Å²) < 4.78 is 37.8. The molecule has 0 spiro atoms. The lowest BCUT2D eigenvalue weighted by Gasteiger charge is -2.23. The summed E-state index contributed by atoms with van der Waals surface area (Å²) in [4.78, 5) is 0.290. The Hall–Kier alpha value is -1.15. The third-order valence-corrected chi connectivity index (χ3v) is 4.91. The highest BCUT2D eigenvalue weighted by Crippen LogP contribution is 2.27. The number of hydrogen-bond donors (Lipinski definition) is 2. The Morgan fingerprint density at radius 1 is 1.35 bits per heavy atom. The summed E-state index contributed by atoms with van der Waals surface area (Å²) in [6.07, 6.45) is 0.761. The number of hydrogen-bond acceptors (Lipinski definition) is 5. The second-order valence-electron chi connectivity index (χ2n) is 4.95. The van der Waals surface area contributed by atoms with Crippen molar-refractivity contribution in [3.05, 3.63) is 23.8 Å². The van der Waals surface area contributed by atoms with Gasteiger partial charge in [0.25, 0.3) is 0 Å². The molecule has 0 amide bonds.